The molecule has 0 radical (unpaired) electrons. The third-order valence-electron chi connectivity index (χ3n) is 6.78. The maximum atomic E-state index is 13.9. The number of amides is 1. The molecule has 3 aliphatic heterocycles. The number of thioether (sulfide) groups is 1. The lowest BCUT2D eigenvalue weighted by Gasteiger charge is -2.51. The van der Waals surface area contributed by atoms with Gasteiger partial charge in [-0.1, -0.05) is 42.1 Å². The molecule has 6 rings (SSSR count). The molecule has 33 heavy (non-hydrogen) atoms. The first-order valence-electron chi connectivity index (χ1n) is 11.4. The number of nitrogens with zero attached hydrogens (tertiary/aromatic N) is 2. The van der Waals surface area contributed by atoms with Gasteiger partial charge in [-0.05, 0) is 41.8 Å². The summed E-state index contributed by atoms with van der Waals surface area (Å²) in [4.78, 5) is 17.3. The van der Waals surface area contributed by atoms with Gasteiger partial charge in [0.25, 0.3) is 0 Å². The SMILES string of the molecule is O=C(O[C@H]1C[N+]2(CSc3ccccc3)CCC1CC2)N(Cc1cccs1)c1cccc(F)c1. The van der Waals surface area contributed by atoms with Gasteiger partial charge in [0.05, 0.1) is 25.3 Å². The Morgan fingerprint density at radius 2 is 1.91 bits per heavy atom. The van der Waals surface area contributed by atoms with E-state index in [0.717, 1.165) is 47.7 Å². The summed E-state index contributed by atoms with van der Waals surface area (Å²) in [6, 6.07) is 20.6. The molecular weight excluding hydrogens is 455 g/mol. The van der Waals surface area contributed by atoms with Crippen LogP contribution in [0.3, 0.4) is 0 Å². The third-order valence-corrected chi connectivity index (χ3v) is 8.92. The molecule has 4 nitrogen and oxygen atoms in total. The van der Waals surface area contributed by atoms with E-state index >= 15 is 0 Å². The van der Waals surface area contributed by atoms with Gasteiger partial charge in [-0.25, -0.2) is 9.18 Å². The monoisotopic (exact) mass is 483 g/mol. The van der Waals surface area contributed by atoms with Crippen molar-refractivity contribution in [2.24, 2.45) is 5.92 Å². The van der Waals surface area contributed by atoms with Crippen molar-refractivity contribution in [3.8, 4) is 0 Å². The van der Waals surface area contributed by atoms with Crippen molar-refractivity contribution in [2.75, 3.05) is 30.4 Å². The highest BCUT2D eigenvalue weighted by Crippen LogP contribution is 2.38. The summed E-state index contributed by atoms with van der Waals surface area (Å²) in [6.45, 7) is 3.51. The van der Waals surface area contributed by atoms with Crippen LogP contribution in [0.25, 0.3) is 0 Å². The number of carbonyl (C=O) groups is 1. The van der Waals surface area contributed by atoms with Crippen LogP contribution in [-0.4, -0.2) is 42.2 Å². The van der Waals surface area contributed by atoms with Crippen molar-refractivity contribution >= 4 is 34.9 Å². The lowest BCUT2D eigenvalue weighted by Crippen LogP contribution is -2.64. The Labute approximate surface area is 202 Å². The maximum Gasteiger partial charge on any atom is 0.415 e. The summed E-state index contributed by atoms with van der Waals surface area (Å²) < 4.78 is 21.1. The fourth-order valence-electron chi connectivity index (χ4n) is 4.92. The Morgan fingerprint density at radius 1 is 1.09 bits per heavy atom. The van der Waals surface area contributed by atoms with E-state index < -0.39 is 0 Å². The number of rotatable bonds is 7. The summed E-state index contributed by atoms with van der Waals surface area (Å²) in [7, 11) is 0. The number of benzene rings is 2. The molecule has 0 N–H and O–H groups in total. The van der Waals surface area contributed by atoms with Crippen LogP contribution in [0.15, 0.2) is 77.0 Å². The number of hydrogen-bond donors (Lipinski definition) is 0. The number of piperidine rings is 3. The van der Waals surface area contributed by atoms with Crippen LogP contribution >= 0.6 is 23.1 Å². The first-order chi connectivity index (χ1) is 16.1. The Kier molecular flexibility index (Phi) is 6.71. The van der Waals surface area contributed by atoms with Crippen molar-refractivity contribution < 1.29 is 18.4 Å². The van der Waals surface area contributed by atoms with Crippen LogP contribution in [0.2, 0.25) is 0 Å². The second-order valence-corrected chi connectivity index (χ2v) is 11.0. The van der Waals surface area contributed by atoms with Crippen molar-refractivity contribution in [1.29, 1.82) is 0 Å². The number of carbonyl (C=O) groups excluding carboxylic acids is 1. The van der Waals surface area contributed by atoms with Crippen LogP contribution in [0.4, 0.5) is 14.9 Å². The maximum absolute atomic E-state index is 13.9. The number of halogens is 1. The van der Waals surface area contributed by atoms with E-state index in [1.165, 1.54) is 17.0 Å². The van der Waals surface area contributed by atoms with Gasteiger partial charge in [0.2, 0.25) is 0 Å². The van der Waals surface area contributed by atoms with Gasteiger partial charge in [-0.3, -0.25) is 4.90 Å². The summed E-state index contributed by atoms with van der Waals surface area (Å²) in [5.74, 6) is 1.04. The van der Waals surface area contributed by atoms with E-state index in [1.807, 2.05) is 35.3 Å². The van der Waals surface area contributed by atoms with E-state index in [4.69, 9.17) is 4.74 Å². The van der Waals surface area contributed by atoms with E-state index in [1.54, 1.807) is 28.4 Å². The fraction of sp³-hybridized carbons (Fsp3) is 0.346. The second kappa shape index (κ2) is 9.87. The quantitative estimate of drug-likeness (QED) is 0.288. The summed E-state index contributed by atoms with van der Waals surface area (Å²) >= 11 is 3.47. The lowest BCUT2D eigenvalue weighted by molar-refractivity contribution is -0.934. The smallest absolute Gasteiger partial charge is 0.415 e. The Morgan fingerprint density at radius 3 is 2.64 bits per heavy atom. The van der Waals surface area contributed by atoms with Gasteiger partial charge < -0.3 is 9.22 Å². The molecule has 3 fully saturated rings. The lowest BCUT2D eigenvalue weighted by atomic mass is 9.84. The molecule has 3 aromatic rings. The van der Waals surface area contributed by atoms with Gasteiger partial charge in [0.15, 0.2) is 6.10 Å². The Balaban J connectivity index is 1.29. The highest BCUT2D eigenvalue weighted by molar-refractivity contribution is 7.99. The van der Waals surface area contributed by atoms with Crippen LogP contribution in [-0.2, 0) is 11.3 Å². The molecule has 2 aromatic carbocycles. The Hall–Kier alpha value is -2.35. The van der Waals surface area contributed by atoms with Crippen LogP contribution in [0.1, 0.15) is 17.7 Å². The molecule has 7 heteroatoms. The predicted octanol–water partition coefficient (Wildman–Crippen LogP) is 6.39. The predicted molar refractivity (Wildman–Crippen MR) is 132 cm³/mol. The van der Waals surface area contributed by atoms with E-state index in [2.05, 4.69) is 24.3 Å². The third kappa shape index (κ3) is 5.26. The van der Waals surface area contributed by atoms with Crippen molar-refractivity contribution in [2.45, 2.75) is 30.4 Å². The zero-order valence-corrected chi connectivity index (χ0v) is 20.1. The molecular formula is C26H28FN2O2S2+. The molecule has 3 aliphatic rings. The van der Waals surface area contributed by atoms with Gasteiger partial charge in [-0.2, -0.15) is 0 Å². The number of fused-ring (bicyclic) bond motifs is 3. The molecule has 1 atom stereocenters. The molecule has 0 unspecified atom stereocenters. The van der Waals surface area contributed by atoms with Crippen LogP contribution in [0, 0.1) is 11.7 Å². The molecule has 0 aliphatic carbocycles. The number of hydrogen-bond acceptors (Lipinski definition) is 4. The minimum atomic E-state index is -0.387. The highest BCUT2D eigenvalue weighted by atomic mass is 32.2. The topological polar surface area (TPSA) is 29.5 Å². The highest BCUT2D eigenvalue weighted by Gasteiger charge is 2.48. The number of ether oxygens (including phenoxy) is 1. The first kappa shape index (κ1) is 22.4. The summed E-state index contributed by atoms with van der Waals surface area (Å²) in [6.07, 6.45) is 1.67. The molecule has 3 saturated heterocycles. The van der Waals surface area contributed by atoms with Gasteiger partial charge in [-0.15, -0.1) is 11.3 Å². The molecule has 172 valence electrons. The zero-order valence-electron chi connectivity index (χ0n) is 18.4. The average molecular weight is 484 g/mol. The minimum absolute atomic E-state index is 0.101. The minimum Gasteiger partial charge on any atom is -0.440 e. The average Bonchev–Trinajstić information content (AvgIpc) is 3.36. The molecule has 4 heterocycles. The van der Waals surface area contributed by atoms with E-state index in [9.17, 15) is 9.18 Å². The molecule has 1 amide bonds. The first-order valence-corrected chi connectivity index (χ1v) is 13.3. The summed E-state index contributed by atoms with van der Waals surface area (Å²) in [5.41, 5.74) is 0.526. The molecule has 0 saturated carbocycles. The summed E-state index contributed by atoms with van der Waals surface area (Å²) in [5, 5.41) is 1.98. The second-order valence-electron chi connectivity index (χ2n) is 8.96. The van der Waals surface area contributed by atoms with Crippen LogP contribution < -0.4 is 4.90 Å². The molecule has 1 aromatic heterocycles. The van der Waals surface area contributed by atoms with Crippen LogP contribution in [0.5, 0.6) is 0 Å². The van der Waals surface area contributed by atoms with Gasteiger partial charge >= 0.3 is 6.09 Å². The van der Waals surface area contributed by atoms with Crippen molar-refractivity contribution in [3.63, 3.8) is 0 Å². The molecule has 2 bridgehead atoms. The Bertz CT molecular complexity index is 1070. The molecule has 0 spiro atoms. The number of quaternary nitrogens is 1. The van der Waals surface area contributed by atoms with E-state index in [-0.39, 0.29) is 18.0 Å². The van der Waals surface area contributed by atoms with Crippen molar-refractivity contribution in [1.82, 2.24) is 0 Å². The standard InChI is InChI=1S/C26H28FN2O2S2/c27-21-6-4-7-22(16-21)28(17-24-10-5-15-32-24)26(30)31-25-18-29(13-11-20(25)12-14-29)19-33-23-8-2-1-3-9-23/h1-10,15-16,20,25H,11-14,17-19H2/q+1/t20?,25-,29?/m0/s1. The number of anilines is 1. The zero-order chi connectivity index (χ0) is 22.7. The van der Waals surface area contributed by atoms with Crippen molar-refractivity contribution in [3.05, 3.63) is 82.8 Å². The number of thiophene rings is 1. The van der Waals surface area contributed by atoms with Gasteiger partial charge in [0, 0.05) is 28.5 Å². The fourth-order valence-corrected chi connectivity index (χ4v) is 6.75. The van der Waals surface area contributed by atoms with Gasteiger partial charge in [0.1, 0.15) is 18.2 Å². The van der Waals surface area contributed by atoms with E-state index in [0.29, 0.717) is 18.2 Å². The normalized spacial score (nSPS) is 23.9. The largest absolute Gasteiger partial charge is 0.440 e.